The van der Waals surface area contributed by atoms with Gasteiger partial charge < -0.3 is 9.72 Å². The van der Waals surface area contributed by atoms with Gasteiger partial charge in [-0.2, -0.15) is 5.43 Å². The number of esters is 1. The van der Waals surface area contributed by atoms with Crippen LogP contribution >= 0.6 is 0 Å². The first-order valence-corrected chi connectivity index (χ1v) is 11.5. The number of rotatable bonds is 9. The third-order valence-corrected chi connectivity index (χ3v) is 5.77. The Hall–Kier alpha value is -3.41. The van der Waals surface area contributed by atoms with Crippen LogP contribution in [0.2, 0.25) is 0 Å². The number of aromatic amines is 1. The summed E-state index contributed by atoms with van der Waals surface area (Å²) in [5, 5.41) is 0. The van der Waals surface area contributed by atoms with E-state index < -0.39 is 0 Å². The maximum atomic E-state index is 11.3. The fourth-order valence-corrected chi connectivity index (χ4v) is 3.86. The molecule has 0 saturated carbocycles. The number of methoxy groups -OCH3 is 1. The predicted molar refractivity (Wildman–Crippen MR) is 134 cm³/mol. The number of aryl methyl sites for hydroxylation is 2. The second kappa shape index (κ2) is 12.6. The van der Waals surface area contributed by atoms with Crippen LogP contribution in [0.4, 0.5) is 5.69 Å². The number of H-pyrrole nitrogens is 1. The zero-order chi connectivity index (χ0) is 24.4. The Kier molecular flexibility index (Phi) is 9.85. The minimum absolute atomic E-state index is 0.196. The van der Waals surface area contributed by atoms with Crippen molar-refractivity contribution < 1.29 is 14.2 Å². The van der Waals surface area contributed by atoms with E-state index in [1.165, 1.54) is 29.4 Å². The van der Waals surface area contributed by atoms with Gasteiger partial charge in [0.15, 0.2) is 6.72 Å². The number of hydrogen-bond donors (Lipinski definition) is 2. The zero-order valence-electron chi connectivity index (χ0n) is 20.7. The summed E-state index contributed by atoms with van der Waals surface area (Å²) < 4.78 is 6.38. The van der Waals surface area contributed by atoms with Crippen molar-refractivity contribution >= 4 is 18.4 Å². The molecule has 6 nitrogen and oxygen atoms in total. The van der Waals surface area contributed by atoms with Gasteiger partial charge in [0.1, 0.15) is 0 Å². The van der Waals surface area contributed by atoms with E-state index in [0.717, 1.165) is 23.4 Å². The number of ether oxygens (including phenoxy) is 1. The number of carbonyl (C=O) groups excluding carboxylic acids is 1. The molecule has 0 fully saturated rings. The molecule has 33 heavy (non-hydrogen) atoms. The molecule has 0 saturated heterocycles. The monoisotopic (exact) mass is 449 g/mol. The molecule has 1 atom stereocenters. The average Bonchev–Trinajstić information content (AvgIpc) is 3.35. The van der Waals surface area contributed by atoms with Crippen LogP contribution in [0.1, 0.15) is 59.7 Å². The molecule has 2 aromatic carbocycles. The molecule has 0 aliphatic heterocycles. The van der Waals surface area contributed by atoms with Crippen molar-refractivity contribution in [2.45, 2.75) is 53.4 Å². The number of hydrogen-bond acceptors (Lipinski definition) is 4. The molecule has 6 heteroatoms. The summed E-state index contributed by atoms with van der Waals surface area (Å²) in [5.74, 6) is -0.0500. The molecule has 0 amide bonds. The number of imidazole rings is 1. The summed E-state index contributed by atoms with van der Waals surface area (Å²) in [4.78, 5) is 18.9. The van der Waals surface area contributed by atoms with Gasteiger partial charge in [-0.05, 0) is 55.5 Å². The number of hydrazine groups is 1. The van der Waals surface area contributed by atoms with Crippen molar-refractivity contribution in [2.24, 2.45) is 0 Å². The first-order valence-electron chi connectivity index (χ1n) is 11.5. The molecule has 3 rings (SSSR count). The van der Waals surface area contributed by atoms with Gasteiger partial charge >= 0.3 is 5.97 Å². The maximum absolute atomic E-state index is 11.3. The number of carbonyl (C=O) groups is 1. The van der Waals surface area contributed by atoms with Gasteiger partial charge in [0.05, 0.1) is 26.4 Å². The minimum atomic E-state index is -0.246. The molecular formula is C27H37N4O2+. The van der Waals surface area contributed by atoms with Crippen LogP contribution in [0.15, 0.2) is 48.9 Å². The molecule has 1 unspecified atom stereocenters. The lowest BCUT2D eigenvalue weighted by molar-refractivity contribution is -0.498. The molecule has 3 aromatic rings. The molecule has 2 N–H and O–H groups in total. The summed E-state index contributed by atoms with van der Waals surface area (Å²) in [7, 11) is 1.39. The molecule has 0 radical (unpaired) electrons. The molecular weight excluding hydrogens is 412 g/mol. The van der Waals surface area contributed by atoms with E-state index in [1.54, 1.807) is 11.0 Å². The molecule has 176 valence electrons. The number of benzene rings is 2. The first-order chi connectivity index (χ1) is 15.9. The lowest BCUT2D eigenvalue weighted by atomic mass is 9.85. The molecule has 1 heterocycles. The highest BCUT2D eigenvalue weighted by Crippen LogP contribution is 2.31. The molecule has 0 aliphatic carbocycles. The standard InChI is InChI=1S/C25H31N4O2.C2H6/c1-17-7-6-8-21(19(17)3)22(23-15-26-16-27-23)14-20-9-10-24(18(2)13-20)29(4)28-12-11-25(30)31-5;1-2/h6-10,13,15-16,22,28H,4,11-12,14H2,1-3,5H3,(H,26,27);1-2H3/q+1;. The Labute approximate surface area is 197 Å². The van der Waals surface area contributed by atoms with Crippen LogP contribution in [0.3, 0.4) is 0 Å². The van der Waals surface area contributed by atoms with Gasteiger partial charge in [-0.15, -0.1) is 0 Å². The Balaban J connectivity index is 0.00000187. The van der Waals surface area contributed by atoms with Gasteiger partial charge in [0.2, 0.25) is 5.69 Å². The highest BCUT2D eigenvalue weighted by atomic mass is 16.5. The number of nitrogens with one attached hydrogen (secondary N) is 2. The molecule has 1 aromatic heterocycles. The van der Waals surface area contributed by atoms with Crippen LogP contribution in [-0.4, -0.2) is 41.0 Å². The van der Waals surface area contributed by atoms with Crippen molar-refractivity contribution in [3.05, 3.63) is 82.4 Å². The lowest BCUT2D eigenvalue weighted by Gasteiger charge is -2.20. The third-order valence-electron chi connectivity index (χ3n) is 5.77. The molecule has 0 spiro atoms. The van der Waals surface area contributed by atoms with Gasteiger partial charge in [-0.25, -0.2) is 4.98 Å². The quantitative estimate of drug-likeness (QED) is 0.205. The number of aromatic nitrogens is 2. The topological polar surface area (TPSA) is 70.0 Å². The third kappa shape index (κ3) is 6.78. The van der Waals surface area contributed by atoms with E-state index in [2.05, 4.69) is 84.0 Å². The Morgan fingerprint density at radius 1 is 1.18 bits per heavy atom. The second-order valence-electron chi connectivity index (χ2n) is 7.84. The fraction of sp³-hybridized carbons (Fsp3) is 0.370. The van der Waals surface area contributed by atoms with Gasteiger partial charge in [0.25, 0.3) is 0 Å². The summed E-state index contributed by atoms with van der Waals surface area (Å²) in [6.45, 7) is 14.9. The highest BCUT2D eigenvalue weighted by molar-refractivity contribution is 5.69. The Morgan fingerprint density at radius 2 is 1.94 bits per heavy atom. The van der Waals surface area contributed by atoms with Crippen LogP contribution in [0.5, 0.6) is 0 Å². The normalized spacial score (nSPS) is 11.2. The van der Waals surface area contributed by atoms with E-state index in [0.29, 0.717) is 13.0 Å². The predicted octanol–water partition coefficient (Wildman–Crippen LogP) is 5.15. The average molecular weight is 450 g/mol. The maximum Gasteiger partial charge on any atom is 0.307 e. The summed E-state index contributed by atoms with van der Waals surface area (Å²) >= 11 is 0. The van der Waals surface area contributed by atoms with Crippen LogP contribution in [-0.2, 0) is 16.0 Å². The lowest BCUT2D eigenvalue weighted by Crippen LogP contribution is -2.27. The Morgan fingerprint density at radius 3 is 2.58 bits per heavy atom. The van der Waals surface area contributed by atoms with Gasteiger partial charge in [0, 0.05) is 29.4 Å². The van der Waals surface area contributed by atoms with E-state index >= 15 is 0 Å². The molecule has 0 bridgehead atoms. The van der Waals surface area contributed by atoms with E-state index in [1.807, 2.05) is 20.0 Å². The van der Waals surface area contributed by atoms with E-state index in [9.17, 15) is 4.79 Å². The SMILES string of the molecule is C=[N+](NCCC(=O)OC)c1ccc(CC(c2cnc[nH]2)c2cccc(C)c2C)cc1C.CC. The van der Waals surface area contributed by atoms with Crippen LogP contribution in [0, 0.1) is 20.8 Å². The van der Waals surface area contributed by atoms with Crippen LogP contribution in [0.25, 0.3) is 0 Å². The van der Waals surface area contributed by atoms with Gasteiger partial charge in [-0.3, -0.25) is 4.79 Å². The van der Waals surface area contributed by atoms with Crippen molar-refractivity contribution in [1.29, 1.82) is 0 Å². The summed E-state index contributed by atoms with van der Waals surface area (Å²) in [6, 6.07) is 12.9. The minimum Gasteiger partial charge on any atom is -0.469 e. The second-order valence-corrected chi connectivity index (χ2v) is 7.84. The number of nitrogens with zero attached hydrogens (tertiary/aromatic N) is 2. The van der Waals surface area contributed by atoms with Crippen molar-refractivity contribution in [3.8, 4) is 0 Å². The van der Waals surface area contributed by atoms with Gasteiger partial charge in [-0.1, -0.05) is 42.8 Å². The zero-order valence-corrected chi connectivity index (χ0v) is 20.7. The van der Waals surface area contributed by atoms with E-state index in [-0.39, 0.29) is 11.9 Å². The summed E-state index contributed by atoms with van der Waals surface area (Å²) in [5.41, 5.74) is 11.5. The smallest absolute Gasteiger partial charge is 0.307 e. The fourth-order valence-electron chi connectivity index (χ4n) is 3.86. The van der Waals surface area contributed by atoms with Crippen molar-refractivity contribution in [3.63, 3.8) is 0 Å². The van der Waals surface area contributed by atoms with E-state index in [4.69, 9.17) is 0 Å². The molecule has 0 aliphatic rings. The largest absolute Gasteiger partial charge is 0.469 e. The van der Waals surface area contributed by atoms with Crippen LogP contribution < -0.4 is 5.43 Å². The highest BCUT2D eigenvalue weighted by Gasteiger charge is 2.20. The Bertz CT molecular complexity index is 1060. The van der Waals surface area contributed by atoms with Crippen molar-refractivity contribution in [2.75, 3.05) is 13.7 Å². The summed E-state index contributed by atoms with van der Waals surface area (Å²) in [6.07, 6.45) is 4.81. The first kappa shape index (κ1) is 25.8. The van der Waals surface area contributed by atoms with Crippen molar-refractivity contribution in [1.82, 2.24) is 15.4 Å². The number of hydrazone groups is 1.